The summed E-state index contributed by atoms with van der Waals surface area (Å²) in [5.41, 5.74) is 0. The molecule has 0 aromatic carbocycles. The average Bonchev–Trinajstić information content (AvgIpc) is 3.07. The van der Waals surface area contributed by atoms with E-state index >= 15 is 0 Å². The first-order valence-electron chi connectivity index (χ1n) is 7.65. The molecule has 2 aliphatic carbocycles. The molecule has 2 rings (SSSR count). The predicted octanol–water partition coefficient (Wildman–Crippen LogP) is 2.20. The quantitative estimate of drug-likeness (QED) is 0.774. The monoisotopic (exact) mass is 263 g/mol. The zero-order chi connectivity index (χ0) is 13.7. The summed E-state index contributed by atoms with van der Waals surface area (Å²) in [6.45, 7) is 2.31. The molecule has 2 fully saturated rings. The number of nitriles is 1. The molecule has 0 saturated heterocycles. The summed E-state index contributed by atoms with van der Waals surface area (Å²) in [6, 6.07) is 2.83. The first kappa shape index (κ1) is 14.3. The highest BCUT2D eigenvalue weighted by Crippen LogP contribution is 2.25. The Morgan fingerprint density at radius 3 is 2.42 bits per heavy atom. The number of carbonyl (C=O) groups is 1. The normalized spacial score (nSPS) is 22.6. The summed E-state index contributed by atoms with van der Waals surface area (Å²) in [7, 11) is 0. The minimum atomic E-state index is -0.177. The molecule has 0 aromatic rings. The third-order valence-electron chi connectivity index (χ3n) is 4.63. The fraction of sp³-hybridized carbons (Fsp3) is 0.867. The van der Waals surface area contributed by atoms with Crippen LogP contribution in [0.5, 0.6) is 0 Å². The minimum absolute atomic E-state index is 0.106. The summed E-state index contributed by atoms with van der Waals surface area (Å²) >= 11 is 0. The zero-order valence-corrected chi connectivity index (χ0v) is 11.9. The Morgan fingerprint density at radius 2 is 1.84 bits per heavy atom. The van der Waals surface area contributed by atoms with Crippen LogP contribution in [0.25, 0.3) is 0 Å². The van der Waals surface area contributed by atoms with Crippen molar-refractivity contribution in [3.8, 4) is 6.07 Å². The summed E-state index contributed by atoms with van der Waals surface area (Å²) < 4.78 is 0. The van der Waals surface area contributed by atoms with E-state index in [0.717, 1.165) is 25.7 Å². The SMILES string of the molecule is CC(C(=O)NC1CCCC1)N(CC#N)C1CCCC1. The lowest BCUT2D eigenvalue weighted by Crippen LogP contribution is -2.51. The van der Waals surface area contributed by atoms with Crippen molar-refractivity contribution >= 4 is 5.91 Å². The van der Waals surface area contributed by atoms with Crippen molar-refractivity contribution in [1.82, 2.24) is 10.2 Å². The molecule has 0 aliphatic heterocycles. The van der Waals surface area contributed by atoms with Gasteiger partial charge in [-0.05, 0) is 32.6 Å². The Hall–Kier alpha value is -1.08. The van der Waals surface area contributed by atoms with Gasteiger partial charge in [0, 0.05) is 12.1 Å². The van der Waals surface area contributed by atoms with Crippen LogP contribution in [0, 0.1) is 11.3 Å². The topological polar surface area (TPSA) is 56.1 Å². The molecule has 0 aromatic heterocycles. The van der Waals surface area contributed by atoms with Crippen molar-refractivity contribution in [3.05, 3.63) is 0 Å². The molecule has 4 nitrogen and oxygen atoms in total. The lowest BCUT2D eigenvalue weighted by atomic mass is 10.1. The maximum atomic E-state index is 12.3. The van der Waals surface area contributed by atoms with Crippen LogP contribution in [0.2, 0.25) is 0 Å². The van der Waals surface area contributed by atoms with Gasteiger partial charge in [-0.2, -0.15) is 5.26 Å². The first-order chi connectivity index (χ1) is 9.22. The van der Waals surface area contributed by atoms with Crippen molar-refractivity contribution in [2.45, 2.75) is 76.4 Å². The molecular weight excluding hydrogens is 238 g/mol. The molecule has 1 unspecified atom stereocenters. The van der Waals surface area contributed by atoms with Crippen molar-refractivity contribution in [1.29, 1.82) is 5.26 Å². The van der Waals surface area contributed by atoms with Gasteiger partial charge in [0.05, 0.1) is 18.7 Å². The molecule has 0 heterocycles. The summed E-state index contributed by atoms with van der Waals surface area (Å²) in [5, 5.41) is 12.1. The van der Waals surface area contributed by atoms with Crippen LogP contribution in [-0.4, -0.2) is 35.5 Å². The Morgan fingerprint density at radius 1 is 1.26 bits per heavy atom. The fourth-order valence-corrected chi connectivity index (χ4v) is 3.44. The second-order valence-corrected chi connectivity index (χ2v) is 5.93. The van der Waals surface area contributed by atoms with Crippen LogP contribution in [0.15, 0.2) is 0 Å². The third kappa shape index (κ3) is 3.70. The van der Waals surface area contributed by atoms with Gasteiger partial charge < -0.3 is 5.32 Å². The number of hydrogen-bond donors (Lipinski definition) is 1. The van der Waals surface area contributed by atoms with E-state index < -0.39 is 0 Å². The van der Waals surface area contributed by atoms with Gasteiger partial charge in [-0.15, -0.1) is 0 Å². The van der Waals surface area contributed by atoms with Crippen LogP contribution >= 0.6 is 0 Å². The van der Waals surface area contributed by atoms with Crippen LogP contribution in [0.4, 0.5) is 0 Å². The van der Waals surface area contributed by atoms with Gasteiger partial charge in [0.15, 0.2) is 0 Å². The van der Waals surface area contributed by atoms with E-state index in [-0.39, 0.29) is 11.9 Å². The molecule has 1 atom stereocenters. The molecule has 4 heteroatoms. The molecule has 0 bridgehead atoms. The molecular formula is C15H25N3O. The van der Waals surface area contributed by atoms with Crippen LogP contribution in [0.1, 0.15) is 58.3 Å². The largest absolute Gasteiger partial charge is 0.352 e. The molecule has 0 spiro atoms. The number of amides is 1. The van der Waals surface area contributed by atoms with Gasteiger partial charge in [-0.3, -0.25) is 9.69 Å². The van der Waals surface area contributed by atoms with Crippen LogP contribution in [-0.2, 0) is 4.79 Å². The zero-order valence-electron chi connectivity index (χ0n) is 11.9. The summed E-state index contributed by atoms with van der Waals surface area (Å²) in [5.74, 6) is 0.106. The molecule has 19 heavy (non-hydrogen) atoms. The predicted molar refractivity (Wildman–Crippen MR) is 74.4 cm³/mol. The van der Waals surface area contributed by atoms with E-state index in [2.05, 4.69) is 16.3 Å². The smallest absolute Gasteiger partial charge is 0.237 e. The maximum absolute atomic E-state index is 12.3. The van der Waals surface area contributed by atoms with E-state index in [4.69, 9.17) is 5.26 Å². The maximum Gasteiger partial charge on any atom is 0.237 e. The molecule has 106 valence electrons. The number of nitrogens with zero attached hydrogens (tertiary/aromatic N) is 2. The highest BCUT2D eigenvalue weighted by molar-refractivity contribution is 5.81. The Kier molecular flexibility index (Phi) is 5.21. The number of nitrogens with one attached hydrogen (secondary N) is 1. The summed E-state index contributed by atoms with van der Waals surface area (Å²) in [4.78, 5) is 14.4. The number of carbonyl (C=O) groups excluding carboxylic acids is 1. The Bertz CT molecular complexity index is 338. The first-order valence-corrected chi connectivity index (χ1v) is 7.65. The molecule has 2 aliphatic rings. The van der Waals surface area contributed by atoms with Gasteiger partial charge in [0.1, 0.15) is 0 Å². The third-order valence-corrected chi connectivity index (χ3v) is 4.63. The molecule has 2 saturated carbocycles. The second-order valence-electron chi connectivity index (χ2n) is 5.93. The van der Waals surface area contributed by atoms with Crippen molar-refractivity contribution in [3.63, 3.8) is 0 Å². The minimum Gasteiger partial charge on any atom is -0.352 e. The van der Waals surface area contributed by atoms with Crippen LogP contribution in [0.3, 0.4) is 0 Å². The average molecular weight is 263 g/mol. The summed E-state index contributed by atoms with van der Waals surface area (Å²) in [6.07, 6.45) is 9.38. The second kappa shape index (κ2) is 6.91. The van der Waals surface area contributed by atoms with Gasteiger partial charge in [-0.1, -0.05) is 25.7 Å². The van der Waals surface area contributed by atoms with E-state index in [1.54, 1.807) is 0 Å². The standard InChI is InChI=1S/C15H25N3O/c1-12(15(19)17-13-6-2-3-7-13)18(11-10-16)14-8-4-5-9-14/h12-14H,2-9,11H2,1H3,(H,17,19). The van der Waals surface area contributed by atoms with Gasteiger partial charge >= 0.3 is 0 Å². The van der Waals surface area contributed by atoms with Gasteiger partial charge in [0.2, 0.25) is 5.91 Å². The van der Waals surface area contributed by atoms with Crippen molar-refractivity contribution < 1.29 is 4.79 Å². The highest BCUT2D eigenvalue weighted by atomic mass is 16.2. The number of hydrogen-bond acceptors (Lipinski definition) is 3. The number of rotatable bonds is 5. The van der Waals surface area contributed by atoms with E-state index in [9.17, 15) is 4.79 Å². The highest BCUT2D eigenvalue weighted by Gasteiger charge is 2.31. The molecule has 1 amide bonds. The lowest BCUT2D eigenvalue weighted by molar-refractivity contribution is -0.127. The van der Waals surface area contributed by atoms with Crippen molar-refractivity contribution in [2.75, 3.05) is 6.54 Å². The van der Waals surface area contributed by atoms with Crippen molar-refractivity contribution in [2.24, 2.45) is 0 Å². The Labute approximate surface area is 116 Å². The molecule has 0 radical (unpaired) electrons. The Balaban J connectivity index is 1.91. The lowest BCUT2D eigenvalue weighted by Gasteiger charge is -2.32. The van der Waals surface area contributed by atoms with Gasteiger partial charge in [-0.25, -0.2) is 0 Å². The van der Waals surface area contributed by atoms with Gasteiger partial charge in [0.25, 0.3) is 0 Å². The van der Waals surface area contributed by atoms with E-state index in [1.165, 1.54) is 25.7 Å². The van der Waals surface area contributed by atoms with Crippen LogP contribution < -0.4 is 5.32 Å². The van der Waals surface area contributed by atoms with E-state index in [1.807, 2.05) is 6.92 Å². The fourth-order valence-electron chi connectivity index (χ4n) is 3.44. The molecule has 1 N–H and O–H groups in total. The van der Waals surface area contributed by atoms with E-state index in [0.29, 0.717) is 18.6 Å².